The van der Waals surface area contributed by atoms with E-state index < -0.39 is 39.8 Å². The molecule has 0 aliphatic heterocycles. The van der Waals surface area contributed by atoms with Crippen molar-refractivity contribution in [2.45, 2.75) is 115 Å². The number of hydrogen-bond acceptors (Lipinski definition) is 6. The quantitative estimate of drug-likeness (QED) is 0.401. The van der Waals surface area contributed by atoms with Gasteiger partial charge in [0.15, 0.2) is 6.29 Å². The van der Waals surface area contributed by atoms with Gasteiger partial charge in [0.2, 0.25) is 0 Å². The van der Waals surface area contributed by atoms with Crippen molar-refractivity contribution in [3.05, 3.63) is 0 Å². The molecule has 0 heterocycles. The van der Waals surface area contributed by atoms with E-state index >= 15 is 0 Å². The van der Waals surface area contributed by atoms with Gasteiger partial charge < -0.3 is 25.2 Å². The van der Waals surface area contributed by atoms with Gasteiger partial charge in [-0.1, -0.05) is 19.8 Å². The molecule has 4 aliphatic carbocycles. The molecule has 0 radical (unpaired) electrons. The minimum atomic E-state index is -1.50. The van der Waals surface area contributed by atoms with Crippen LogP contribution in [-0.4, -0.2) is 50.0 Å². The predicted molar refractivity (Wildman–Crippen MR) is 111 cm³/mol. The highest BCUT2D eigenvalue weighted by atomic mass is 16.5. The first-order chi connectivity index (χ1) is 13.8. The van der Waals surface area contributed by atoms with Crippen LogP contribution in [0, 0.1) is 28.1 Å². The van der Waals surface area contributed by atoms with Gasteiger partial charge in [-0.25, -0.2) is 0 Å². The zero-order valence-electron chi connectivity index (χ0n) is 19.0. The Balaban J connectivity index is 1.70. The zero-order chi connectivity index (χ0) is 22.2. The van der Waals surface area contributed by atoms with Crippen molar-refractivity contribution >= 4 is 5.97 Å². The second kappa shape index (κ2) is 6.90. The molecule has 0 bridgehead atoms. The number of ether oxygens (including phenoxy) is 1. The average molecular weight is 425 g/mol. The van der Waals surface area contributed by atoms with E-state index in [2.05, 4.69) is 0 Å². The Kier molecular flexibility index (Phi) is 5.18. The maximum absolute atomic E-state index is 12.6. The van der Waals surface area contributed by atoms with Gasteiger partial charge >= 0.3 is 5.97 Å². The summed E-state index contributed by atoms with van der Waals surface area (Å²) in [5.74, 6) is -0.482. The lowest BCUT2D eigenvalue weighted by atomic mass is 9.41. The van der Waals surface area contributed by atoms with Crippen molar-refractivity contribution in [1.82, 2.24) is 0 Å². The standard InChI is InChI=1S/C24H40O6/c1-20(2,3)19(27)30-17-10-14-24(29)21(17,4)12-9-16-22(18(25)26)11-6-5-7-15(22)8-13-23(16,24)28/h15-18,25-26,28-29H,5-14H2,1-4H3/t15?,16-,17?,21+,22+,23-,24-/m0/s1. The van der Waals surface area contributed by atoms with Crippen LogP contribution < -0.4 is 0 Å². The normalized spacial score (nSPS) is 48.6. The van der Waals surface area contributed by atoms with Gasteiger partial charge in [-0.05, 0) is 78.1 Å². The van der Waals surface area contributed by atoms with E-state index in [1.165, 1.54) is 0 Å². The smallest absolute Gasteiger partial charge is 0.311 e. The van der Waals surface area contributed by atoms with Gasteiger partial charge in [0.25, 0.3) is 0 Å². The van der Waals surface area contributed by atoms with E-state index in [1.54, 1.807) is 0 Å². The number of hydrogen-bond donors (Lipinski definition) is 4. The number of carbonyl (C=O) groups is 1. The number of esters is 1. The number of aliphatic hydroxyl groups excluding tert-OH is 1. The van der Waals surface area contributed by atoms with Crippen LogP contribution in [0.4, 0.5) is 0 Å². The molecule has 0 aromatic heterocycles. The van der Waals surface area contributed by atoms with Gasteiger partial charge in [0, 0.05) is 16.7 Å². The van der Waals surface area contributed by atoms with Gasteiger partial charge in [0.1, 0.15) is 11.7 Å². The highest BCUT2D eigenvalue weighted by Gasteiger charge is 2.76. The third-order valence-corrected chi connectivity index (χ3v) is 9.71. The number of aliphatic hydroxyl groups is 4. The first-order valence-electron chi connectivity index (χ1n) is 11.8. The minimum Gasteiger partial charge on any atom is -0.461 e. The molecule has 7 atom stereocenters. The summed E-state index contributed by atoms with van der Waals surface area (Å²) in [7, 11) is 0. The molecule has 0 saturated heterocycles. The first-order valence-corrected chi connectivity index (χ1v) is 11.8. The van der Waals surface area contributed by atoms with Crippen molar-refractivity contribution < 1.29 is 30.0 Å². The second-order valence-electron chi connectivity index (χ2n) is 11.9. The van der Waals surface area contributed by atoms with Crippen LogP contribution in [0.25, 0.3) is 0 Å². The summed E-state index contributed by atoms with van der Waals surface area (Å²) in [6.07, 6.45) is 4.91. The lowest BCUT2D eigenvalue weighted by Crippen LogP contribution is -2.75. The maximum atomic E-state index is 12.6. The van der Waals surface area contributed by atoms with Crippen molar-refractivity contribution in [3.8, 4) is 0 Å². The van der Waals surface area contributed by atoms with E-state index in [1.807, 2.05) is 27.7 Å². The fourth-order valence-corrected chi connectivity index (χ4v) is 7.93. The van der Waals surface area contributed by atoms with Crippen molar-refractivity contribution in [1.29, 1.82) is 0 Å². The maximum Gasteiger partial charge on any atom is 0.311 e. The Bertz CT molecular complexity index is 700. The van der Waals surface area contributed by atoms with E-state index in [0.717, 1.165) is 19.3 Å². The summed E-state index contributed by atoms with van der Waals surface area (Å²) in [6, 6.07) is 0. The van der Waals surface area contributed by atoms with Crippen LogP contribution in [0.5, 0.6) is 0 Å². The minimum absolute atomic E-state index is 0.167. The molecule has 6 heteroatoms. The fourth-order valence-electron chi connectivity index (χ4n) is 7.93. The zero-order valence-corrected chi connectivity index (χ0v) is 19.0. The van der Waals surface area contributed by atoms with Gasteiger partial charge in [0.05, 0.1) is 11.0 Å². The van der Waals surface area contributed by atoms with Crippen molar-refractivity contribution in [2.24, 2.45) is 28.1 Å². The van der Waals surface area contributed by atoms with E-state index in [0.29, 0.717) is 44.9 Å². The molecular weight excluding hydrogens is 384 g/mol. The monoisotopic (exact) mass is 424 g/mol. The molecule has 30 heavy (non-hydrogen) atoms. The van der Waals surface area contributed by atoms with E-state index in [-0.39, 0.29) is 17.8 Å². The average Bonchev–Trinajstić information content (AvgIpc) is 2.93. The van der Waals surface area contributed by atoms with Gasteiger partial charge in [-0.2, -0.15) is 0 Å². The molecule has 4 N–H and O–H groups in total. The highest BCUT2D eigenvalue weighted by molar-refractivity contribution is 5.75. The molecule has 0 aromatic rings. The molecule has 4 saturated carbocycles. The van der Waals surface area contributed by atoms with E-state index in [9.17, 15) is 25.2 Å². The molecule has 6 nitrogen and oxygen atoms in total. The van der Waals surface area contributed by atoms with Crippen LogP contribution >= 0.6 is 0 Å². The SMILES string of the molecule is CC(C)(C)C(=O)OC1CC[C@]2(O)[C@]1(C)CC[C@H]1[C@@]3(C(O)O)CCCCC3CC[C@]12O. The summed E-state index contributed by atoms with van der Waals surface area (Å²) in [5.41, 5.74) is -4.95. The molecule has 0 aromatic carbocycles. The lowest BCUT2D eigenvalue weighted by Gasteiger charge is -2.67. The number of carbonyl (C=O) groups excluding carboxylic acids is 1. The summed E-state index contributed by atoms with van der Waals surface area (Å²) in [4.78, 5) is 12.6. The summed E-state index contributed by atoms with van der Waals surface area (Å²) in [5, 5.41) is 45.3. The lowest BCUT2D eigenvalue weighted by molar-refractivity contribution is -0.330. The molecule has 4 rings (SSSR count). The van der Waals surface area contributed by atoms with Crippen LogP contribution in [0.2, 0.25) is 0 Å². The molecule has 0 spiro atoms. The number of rotatable bonds is 2. The first kappa shape index (κ1) is 22.5. The van der Waals surface area contributed by atoms with Crippen LogP contribution in [0.3, 0.4) is 0 Å². The predicted octanol–water partition coefficient (Wildman–Crippen LogP) is 2.90. The molecule has 4 aliphatic rings. The Morgan fingerprint density at radius 1 is 0.967 bits per heavy atom. The molecule has 172 valence electrons. The van der Waals surface area contributed by atoms with Crippen molar-refractivity contribution in [3.63, 3.8) is 0 Å². The van der Waals surface area contributed by atoms with Gasteiger partial charge in [-0.15, -0.1) is 0 Å². The number of fused-ring (bicyclic) bond motifs is 5. The fraction of sp³-hybridized carbons (Fsp3) is 0.958. The molecule has 2 unspecified atom stereocenters. The van der Waals surface area contributed by atoms with Crippen LogP contribution in [0.15, 0.2) is 0 Å². The van der Waals surface area contributed by atoms with E-state index in [4.69, 9.17) is 4.74 Å². The largest absolute Gasteiger partial charge is 0.461 e. The Hall–Kier alpha value is -0.690. The third-order valence-electron chi connectivity index (χ3n) is 9.71. The van der Waals surface area contributed by atoms with Crippen molar-refractivity contribution in [2.75, 3.05) is 0 Å². The van der Waals surface area contributed by atoms with Gasteiger partial charge in [-0.3, -0.25) is 4.79 Å². The highest BCUT2D eigenvalue weighted by Crippen LogP contribution is 2.70. The summed E-state index contributed by atoms with van der Waals surface area (Å²) in [6.45, 7) is 7.41. The Morgan fingerprint density at radius 3 is 2.30 bits per heavy atom. The third kappa shape index (κ3) is 2.72. The van der Waals surface area contributed by atoms with Crippen LogP contribution in [0.1, 0.15) is 91.9 Å². The van der Waals surface area contributed by atoms with Crippen LogP contribution in [-0.2, 0) is 9.53 Å². The molecule has 0 amide bonds. The molecular formula is C24H40O6. The Morgan fingerprint density at radius 2 is 1.67 bits per heavy atom. The Labute approximate surface area is 180 Å². The summed E-state index contributed by atoms with van der Waals surface area (Å²) < 4.78 is 5.91. The second-order valence-corrected chi connectivity index (χ2v) is 11.9. The summed E-state index contributed by atoms with van der Waals surface area (Å²) >= 11 is 0. The topological polar surface area (TPSA) is 107 Å². The molecule has 4 fully saturated rings.